The van der Waals surface area contributed by atoms with E-state index in [9.17, 15) is 13.6 Å². The average molecular weight is 270 g/mol. The van der Waals surface area contributed by atoms with E-state index in [1.807, 2.05) is 0 Å². The standard InChI is InChI=1S/C12H8F2O3S/c13-8-1-2-9(14)7(5-8)6-17-10-3-4-18-11(10)12(15)16/h1-5H,6H2,(H,15,16). The minimum atomic E-state index is -1.11. The zero-order valence-electron chi connectivity index (χ0n) is 9.02. The van der Waals surface area contributed by atoms with Gasteiger partial charge in [0, 0.05) is 5.56 Å². The van der Waals surface area contributed by atoms with Crippen LogP contribution in [0.2, 0.25) is 0 Å². The van der Waals surface area contributed by atoms with Crippen molar-refractivity contribution in [2.75, 3.05) is 0 Å². The van der Waals surface area contributed by atoms with Crippen LogP contribution in [-0.4, -0.2) is 11.1 Å². The molecule has 1 aromatic carbocycles. The fourth-order valence-electron chi connectivity index (χ4n) is 1.38. The van der Waals surface area contributed by atoms with Gasteiger partial charge in [0.05, 0.1) is 0 Å². The van der Waals surface area contributed by atoms with E-state index < -0.39 is 17.6 Å². The van der Waals surface area contributed by atoms with E-state index in [0.29, 0.717) is 0 Å². The number of ether oxygens (including phenoxy) is 1. The lowest BCUT2D eigenvalue weighted by Gasteiger charge is -2.06. The normalized spacial score (nSPS) is 10.3. The van der Waals surface area contributed by atoms with E-state index in [1.54, 1.807) is 5.38 Å². The van der Waals surface area contributed by atoms with E-state index in [2.05, 4.69) is 0 Å². The van der Waals surface area contributed by atoms with Gasteiger partial charge < -0.3 is 9.84 Å². The molecule has 0 atom stereocenters. The molecule has 94 valence electrons. The van der Waals surface area contributed by atoms with Crippen LogP contribution in [0.4, 0.5) is 8.78 Å². The van der Waals surface area contributed by atoms with Gasteiger partial charge in [-0.3, -0.25) is 0 Å². The lowest BCUT2D eigenvalue weighted by atomic mass is 10.2. The molecule has 2 rings (SSSR count). The lowest BCUT2D eigenvalue weighted by Crippen LogP contribution is -2.02. The highest BCUT2D eigenvalue weighted by Crippen LogP contribution is 2.25. The van der Waals surface area contributed by atoms with Gasteiger partial charge in [-0.1, -0.05) is 0 Å². The predicted octanol–water partition coefficient (Wildman–Crippen LogP) is 3.30. The molecule has 0 aliphatic rings. The summed E-state index contributed by atoms with van der Waals surface area (Å²) in [6.07, 6.45) is 0. The van der Waals surface area contributed by atoms with Crippen molar-refractivity contribution in [3.8, 4) is 5.75 Å². The Morgan fingerprint density at radius 3 is 2.83 bits per heavy atom. The summed E-state index contributed by atoms with van der Waals surface area (Å²) >= 11 is 1.01. The van der Waals surface area contributed by atoms with Gasteiger partial charge in [0.2, 0.25) is 0 Å². The molecule has 0 amide bonds. The summed E-state index contributed by atoms with van der Waals surface area (Å²) < 4.78 is 31.4. The Morgan fingerprint density at radius 1 is 1.33 bits per heavy atom. The van der Waals surface area contributed by atoms with Crippen LogP contribution in [0.25, 0.3) is 0 Å². The number of carboxylic acids is 1. The van der Waals surface area contributed by atoms with Crippen molar-refractivity contribution in [2.24, 2.45) is 0 Å². The van der Waals surface area contributed by atoms with Gasteiger partial charge in [-0.2, -0.15) is 0 Å². The van der Waals surface area contributed by atoms with Crippen LogP contribution in [0.5, 0.6) is 5.75 Å². The van der Waals surface area contributed by atoms with Gasteiger partial charge in [0.25, 0.3) is 0 Å². The molecule has 0 aliphatic carbocycles. The smallest absolute Gasteiger partial charge is 0.349 e. The third-order valence-electron chi connectivity index (χ3n) is 2.21. The largest absolute Gasteiger partial charge is 0.487 e. The van der Waals surface area contributed by atoms with Gasteiger partial charge >= 0.3 is 5.97 Å². The summed E-state index contributed by atoms with van der Waals surface area (Å²) in [6, 6.07) is 4.50. The summed E-state index contributed by atoms with van der Waals surface area (Å²) in [6.45, 7) is -0.222. The molecule has 1 aromatic heterocycles. The van der Waals surface area contributed by atoms with Crippen molar-refractivity contribution in [3.63, 3.8) is 0 Å². The second-order valence-electron chi connectivity index (χ2n) is 3.44. The lowest BCUT2D eigenvalue weighted by molar-refractivity contribution is 0.0697. The Morgan fingerprint density at radius 2 is 2.11 bits per heavy atom. The number of halogens is 2. The molecule has 0 aliphatic heterocycles. The molecule has 0 spiro atoms. The molecule has 1 N–H and O–H groups in total. The second-order valence-corrected chi connectivity index (χ2v) is 4.36. The van der Waals surface area contributed by atoms with E-state index in [1.165, 1.54) is 6.07 Å². The van der Waals surface area contributed by atoms with Gasteiger partial charge in [-0.25, -0.2) is 13.6 Å². The zero-order chi connectivity index (χ0) is 13.1. The summed E-state index contributed by atoms with van der Waals surface area (Å²) in [5, 5.41) is 10.4. The first kappa shape index (κ1) is 12.5. The monoisotopic (exact) mass is 270 g/mol. The average Bonchev–Trinajstić information content (AvgIpc) is 2.79. The molecule has 6 heteroatoms. The van der Waals surface area contributed by atoms with E-state index in [0.717, 1.165) is 29.5 Å². The quantitative estimate of drug-likeness (QED) is 0.927. The summed E-state index contributed by atoms with van der Waals surface area (Å²) in [7, 11) is 0. The predicted molar refractivity (Wildman–Crippen MR) is 62.0 cm³/mol. The number of hydrogen-bond acceptors (Lipinski definition) is 3. The van der Waals surface area contributed by atoms with Gasteiger partial charge in [-0.15, -0.1) is 11.3 Å². The summed E-state index contributed by atoms with van der Waals surface area (Å²) in [5.74, 6) is -2.13. The molecule has 0 unspecified atom stereocenters. The molecule has 0 saturated heterocycles. The maximum Gasteiger partial charge on any atom is 0.349 e. The molecular weight excluding hydrogens is 262 g/mol. The van der Waals surface area contributed by atoms with Gasteiger partial charge in [-0.05, 0) is 29.6 Å². The molecule has 3 nitrogen and oxygen atoms in total. The topological polar surface area (TPSA) is 46.5 Å². The number of carbonyl (C=O) groups is 1. The van der Waals surface area contributed by atoms with Crippen LogP contribution >= 0.6 is 11.3 Å². The summed E-state index contributed by atoms with van der Waals surface area (Å²) in [4.78, 5) is 10.8. The third-order valence-corrected chi connectivity index (χ3v) is 3.10. The molecule has 0 bridgehead atoms. The second kappa shape index (κ2) is 5.14. The number of hydrogen-bond donors (Lipinski definition) is 1. The number of rotatable bonds is 4. The molecular formula is C12H8F2O3S. The van der Waals surface area contributed by atoms with Gasteiger partial charge in [0.1, 0.15) is 24.0 Å². The van der Waals surface area contributed by atoms with Crippen LogP contribution in [0.15, 0.2) is 29.6 Å². The first-order valence-corrected chi connectivity index (χ1v) is 5.83. The van der Waals surface area contributed by atoms with Crippen LogP contribution in [0, 0.1) is 11.6 Å². The van der Waals surface area contributed by atoms with E-state index in [-0.39, 0.29) is 22.8 Å². The van der Waals surface area contributed by atoms with Crippen molar-refractivity contribution in [2.45, 2.75) is 6.61 Å². The molecule has 0 fully saturated rings. The highest BCUT2D eigenvalue weighted by atomic mass is 32.1. The van der Waals surface area contributed by atoms with Crippen LogP contribution < -0.4 is 4.74 Å². The fourth-order valence-corrected chi connectivity index (χ4v) is 2.05. The molecule has 2 aromatic rings. The molecule has 18 heavy (non-hydrogen) atoms. The Bertz CT molecular complexity index is 580. The van der Waals surface area contributed by atoms with Crippen molar-refractivity contribution in [1.82, 2.24) is 0 Å². The highest BCUT2D eigenvalue weighted by molar-refractivity contribution is 7.12. The Balaban J connectivity index is 2.14. The molecule has 0 radical (unpaired) electrons. The molecule has 1 heterocycles. The first-order valence-electron chi connectivity index (χ1n) is 4.95. The van der Waals surface area contributed by atoms with Crippen molar-refractivity contribution < 1.29 is 23.4 Å². The van der Waals surface area contributed by atoms with Crippen LogP contribution in [0.1, 0.15) is 15.2 Å². The maximum atomic E-state index is 13.3. The highest BCUT2D eigenvalue weighted by Gasteiger charge is 2.13. The van der Waals surface area contributed by atoms with Gasteiger partial charge in [0.15, 0.2) is 4.88 Å². The number of benzene rings is 1. The van der Waals surface area contributed by atoms with E-state index >= 15 is 0 Å². The summed E-state index contributed by atoms with van der Waals surface area (Å²) in [5.41, 5.74) is 0.0394. The van der Waals surface area contributed by atoms with Crippen molar-refractivity contribution in [1.29, 1.82) is 0 Å². The Kier molecular flexibility index (Phi) is 3.57. The third kappa shape index (κ3) is 2.65. The molecule has 0 saturated carbocycles. The SMILES string of the molecule is O=C(O)c1sccc1OCc1cc(F)ccc1F. The zero-order valence-corrected chi connectivity index (χ0v) is 9.84. The first-order chi connectivity index (χ1) is 8.58. The number of aromatic carboxylic acids is 1. The minimum Gasteiger partial charge on any atom is -0.487 e. The van der Waals surface area contributed by atoms with Crippen LogP contribution in [0.3, 0.4) is 0 Å². The van der Waals surface area contributed by atoms with E-state index in [4.69, 9.17) is 9.84 Å². The number of carboxylic acid groups (broad SMARTS) is 1. The van der Waals surface area contributed by atoms with Crippen LogP contribution in [-0.2, 0) is 6.61 Å². The maximum absolute atomic E-state index is 13.3. The minimum absolute atomic E-state index is 0.0341. The Labute approximate surface area is 105 Å². The number of thiophene rings is 1. The van der Waals surface area contributed by atoms with Crippen molar-refractivity contribution >= 4 is 17.3 Å². The van der Waals surface area contributed by atoms with Crippen molar-refractivity contribution in [3.05, 3.63) is 51.7 Å². The fraction of sp³-hybridized carbons (Fsp3) is 0.0833. The Hall–Kier alpha value is -1.95.